The third-order valence-corrected chi connectivity index (χ3v) is 6.77. The monoisotopic (exact) mass is 521 g/mol. The maximum absolute atomic E-state index is 13.2. The van der Waals surface area contributed by atoms with E-state index in [0.29, 0.717) is 33.7 Å². The molecule has 2 amide bonds. The van der Waals surface area contributed by atoms with E-state index < -0.39 is 11.2 Å². The van der Waals surface area contributed by atoms with E-state index in [1.54, 1.807) is 60.4 Å². The Hall–Kier alpha value is -3.62. The van der Waals surface area contributed by atoms with E-state index in [1.165, 1.54) is 11.8 Å². The molecule has 1 fully saturated rings. The van der Waals surface area contributed by atoms with E-state index in [0.717, 1.165) is 5.56 Å². The molecule has 1 N–H and O–H groups in total. The van der Waals surface area contributed by atoms with Gasteiger partial charge in [-0.1, -0.05) is 53.7 Å². The van der Waals surface area contributed by atoms with Crippen LogP contribution in [-0.2, 0) is 20.9 Å². The molecule has 184 valence electrons. The van der Waals surface area contributed by atoms with Crippen LogP contribution >= 0.6 is 23.4 Å². The Morgan fingerprint density at radius 2 is 1.75 bits per heavy atom. The number of rotatable bonds is 7. The van der Waals surface area contributed by atoms with Gasteiger partial charge in [-0.25, -0.2) is 9.79 Å². The summed E-state index contributed by atoms with van der Waals surface area (Å²) in [5.41, 5.74) is 2.50. The number of nitrogens with zero attached hydrogens (tertiary/aromatic N) is 2. The summed E-state index contributed by atoms with van der Waals surface area (Å²) in [6, 6.07) is 23.0. The number of carbonyl (C=O) groups excluding carboxylic acids is 3. The number of hydrogen-bond acceptors (Lipinski definition) is 6. The summed E-state index contributed by atoms with van der Waals surface area (Å²) in [5, 5.41) is 3.17. The van der Waals surface area contributed by atoms with Gasteiger partial charge in [0.15, 0.2) is 5.17 Å². The highest BCUT2D eigenvalue weighted by molar-refractivity contribution is 8.15. The third kappa shape index (κ3) is 6.53. The number of aliphatic imine (C=N–C) groups is 1. The van der Waals surface area contributed by atoms with Gasteiger partial charge in [0.25, 0.3) is 0 Å². The van der Waals surface area contributed by atoms with Gasteiger partial charge >= 0.3 is 5.97 Å². The van der Waals surface area contributed by atoms with Crippen LogP contribution in [-0.4, -0.2) is 39.7 Å². The van der Waals surface area contributed by atoms with Crippen LogP contribution in [0.4, 0.5) is 11.4 Å². The average Bonchev–Trinajstić information content (AvgIpc) is 2.88. The van der Waals surface area contributed by atoms with Crippen LogP contribution < -0.4 is 5.32 Å². The minimum Gasteiger partial charge on any atom is -0.462 e. The molecule has 0 aromatic heterocycles. The lowest BCUT2D eigenvalue weighted by molar-refractivity contribution is -0.129. The minimum absolute atomic E-state index is 0.0394. The predicted octanol–water partition coefficient (Wildman–Crippen LogP) is 5.68. The second-order valence-electron chi connectivity index (χ2n) is 7.93. The van der Waals surface area contributed by atoms with Gasteiger partial charge in [0.1, 0.15) is 5.25 Å². The van der Waals surface area contributed by atoms with Crippen LogP contribution in [0, 0.1) is 0 Å². The Morgan fingerprint density at radius 3 is 2.42 bits per heavy atom. The summed E-state index contributed by atoms with van der Waals surface area (Å²) in [5.74, 6) is -0.903. The molecule has 1 heterocycles. The highest BCUT2D eigenvalue weighted by Gasteiger charge is 2.36. The number of anilines is 1. The number of halogens is 1. The van der Waals surface area contributed by atoms with Crippen molar-refractivity contribution in [3.05, 3.63) is 95.0 Å². The maximum atomic E-state index is 13.2. The molecule has 0 bridgehead atoms. The Labute approximate surface area is 218 Å². The van der Waals surface area contributed by atoms with Crippen LogP contribution in [0.1, 0.15) is 29.3 Å². The summed E-state index contributed by atoms with van der Waals surface area (Å²) in [4.78, 5) is 44.4. The van der Waals surface area contributed by atoms with Gasteiger partial charge in [-0.05, 0) is 61.0 Å². The first-order valence-corrected chi connectivity index (χ1v) is 12.6. The molecule has 0 aliphatic carbocycles. The number of esters is 1. The van der Waals surface area contributed by atoms with Crippen molar-refractivity contribution < 1.29 is 19.1 Å². The number of amidine groups is 1. The van der Waals surface area contributed by atoms with E-state index in [9.17, 15) is 14.4 Å². The van der Waals surface area contributed by atoms with Crippen molar-refractivity contribution in [1.82, 2.24) is 4.90 Å². The molecule has 3 aromatic carbocycles. The Bertz CT molecular complexity index is 1260. The maximum Gasteiger partial charge on any atom is 0.338 e. The van der Waals surface area contributed by atoms with Gasteiger partial charge in [-0.15, -0.1) is 0 Å². The molecule has 1 aliphatic rings. The lowest BCUT2D eigenvalue weighted by Gasteiger charge is -2.32. The van der Waals surface area contributed by atoms with Gasteiger partial charge in [0.2, 0.25) is 11.8 Å². The summed E-state index contributed by atoms with van der Waals surface area (Å²) >= 11 is 7.16. The molecule has 0 spiro atoms. The number of nitrogens with one attached hydrogen (secondary N) is 1. The summed E-state index contributed by atoms with van der Waals surface area (Å²) in [7, 11) is 0. The molecule has 3 aromatic rings. The van der Waals surface area contributed by atoms with E-state index >= 15 is 0 Å². The first-order valence-electron chi connectivity index (χ1n) is 11.4. The molecular weight excluding hydrogens is 498 g/mol. The van der Waals surface area contributed by atoms with E-state index in [4.69, 9.17) is 16.3 Å². The number of benzene rings is 3. The molecule has 1 aliphatic heterocycles. The van der Waals surface area contributed by atoms with Crippen molar-refractivity contribution in [3.63, 3.8) is 0 Å². The topological polar surface area (TPSA) is 88.1 Å². The van der Waals surface area contributed by atoms with E-state index in [1.807, 2.05) is 30.3 Å². The first kappa shape index (κ1) is 25.5. The first-order chi connectivity index (χ1) is 17.4. The molecule has 7 nitrogen and oxygen atoms in total. The zero-order valence-corrected chi connectivity index (χ0v) is 21.1. The Kier molecular flexibility index (Phi) is 8.40. The SMILES string of the molecule is CCOC(=O)c1ccc(N=C2SC(C(=O)Nc3ccc(Cl)cc3)CC(=O)N2Cc2ccccc2)cc1. The van der Waals surface area contributed by atoms with Gasteiger partial charge in [0, 0.05) is 17.1 Å². The minimum atomic E-state index is -0.655. The van der Waals surface area contributed by atoms with Gasteiger partial charge in [-0.2, -0.15) is 0 Å². The van der Waals surface area contributed by atoms with E-state index in [2.05, 4.69) is 10.3 Å². The molecule has 9 heteroatoms. The fourth-order valence-electron chi connectivity index (χ4n) is 3.52. The van der Waals surface area contributed by atoms with Crippen molar-refractivity contribution in [2.75, 3.05) is 11.9 Å². The largest absolute Gasteiger partial charge is 0.462 e. The zero-order valence-electron chi connectivity index (χ0n) is 19.5. The number of hydrogen-bond donors (Lipinski definition) is 1. The number of ether oxygens (including phenoxy) is 1. The van der Waals surface area contributed by atoms with Crippen LogP contribution in [0.3, 0.4) is 0 Å². The smallest absolute Gasteiger partial charge is 0.338 e. The van der Waals surface area contributed by atoms with Crippen LogP contribution in [0.15, 0.2) is 83.9 Å². The van der Waals surface area contributed by atoms with E-state index in [-0.39, 0.29) is 24.8 Å². The molecule has 1 atom stereocenters. The summed E-state index contributed by atoms with van der Waals surface area (Å²) in [6.07, 6.45) is 0.0394. The lowest BCUT2D eigenvalue weighted by Crippen LogP contribution is -2.44. The van der Waals surface area contributed by atoms with Crippen molar-refractivity contribution >= 4 is 57.7 Å². The van der Waals surface area contributed by atoms with Crippen molar-refractivity contribution in [3.8, 4) is 0 Å². The van der Waals surface area contributed by atoms with Gasteiger partial charge in [0.05, 0.1) is 24.4 Å². The zero-order chi connectivity index (χ0) is 25.5. The molecule has 36 heavy (non-hydrogen) atoms. The fraction of sp³-hybridized carbons (Fsp3) is 0.185. The average molecular weight is 522 g/mol. The predicted molar refractivity (Wildman–Crippen MR) is 143 cm³/mol. The Balaban J connectivity index is 1.58. The van der Waals surface area contributed by atoms with Crippen LogP contribution in [0.2, 0.25) is 5.02 Å². The second-order valence-corrected chi connectivity index (χ2v) is 9.54. The highest BCUT2D eigenvalue weighted by Crippen LogP contribution is 2.31. The fourth-order valence-corrected chi connectivity index (χ4v) is 4.74. The normalized spacial score (nSPS) is 16.6. The molecule has 4 rings (SSSR count). The quantitative estimate of drug-likeness (QED) is 0.404. The lowest BCUT2D eigenvalue weighted by atomic mass is 10.2. The summed E-state index contributed by atoms with van der Waals surface area (Å²) < 4.78 is 5.03. The van der Waals surface area contributed by atoms with Crippen LogP contribution in [0.25, 0.3) is 0 Å². The number of carbonyl (C=O) groups is 3. The molecule has 0 saturated carbocycles. The second kappa shape index (κ2) is 11.9. The Morgan fingerprint density at radius 1 is 1.06 bits per heavy atom. The number of amides is 2. The van der Waals surface area contributed by atoms with Gasteiger partial charge < -0.3 is 10.1 Å². The van der Waals surface area contributed by atoms with Crippen molar-refractivity contribution in [1.29, 1.82) is 0 Å². The molecule has 1 unspecified atom stereocenters. The standard InChI is InChI=1S/C27H24ClN3O4S/c1-2-35-26(34)19-8-12-22(13-9-19)30-27-31(17-18-6-4-3-5-7-18)24(32)16-23(36-27)25(33)29-21-14-10-20(28)11-15-21/h3-15,23H,2,16-17H2,1H3,(H,29,33). The highest BCUT2D eigenvalue weighted by atomic mass is 35.5. The van der Waals surface area contributed by atoms with Crippen molar-refractivity contribution in [2.24, 2.45) is 4.99 Å². The summed E-state index contributed by atoms with van der Waals surface area (Å²) in [6.45, 7) is 2.36. The molecule has 1 saturated heterocycles. The van der Waals surface area contributed by atoms with Crippen LogP contribution in [0.5, 0.6) is 0 Å². The van der Waals surface area contributed by atoms with Gasteiger partial charge in [-0.3, -0.25) is 14.5 Å². The molecule has 0 radical (unpaired) electrons. The molecular formula is C27H24ClN3O4S. The third-order valence-electron chi connectivity index (χ3n) is 5.33. The number of thioether (sulfide) groups is 1. The van der Waals surface area contributed by atoms with Crippen molar-refractivity contribution in [2.45, 2.75) is 25.1 Å².